The summed E-state index contributed by atoms with van der Waals surface area (Å²) in [4.78, 5) is 29.7. The largest absolute Gasteiger partial charge is 0.463 e. The summed E-state index contributed by atoms with van der Waals surface area (Å²) in [5.74, 6) is -1.53. The molecular weight excluding hydrogens is 569 g/mol. The SMILES string of the molecule is O=C(NS(=O)(=O)C1CC1)c1c(-c2ccc[nH]c2=O)c2c3occc3c(F)cc2n1Cc1cc(Cl)cc2ccccc12. The van der Waals surface area contributed by atoms with E-state index in [9.17, 15) is 18.0 Å². The minimum absolute atomic E-state index is 0.0141. The quantitative estimate of drug-likeness (QED) is 0.249. The highest BCUT2D eigenvalue weighted by atomic mass is 35.5. The summed E-state index contributed by atoms with van der Waals surface area (Å²) in [5.41, 5.74) is 0.698. The van der Waals surface area contributed by atoms with Crippen LogP contribution in [0.15, 0.2) is 82.3 Å². The van der Waals surface area contributed by atoms with Crippen molar-refractivity contribution in [1.82, 2.24) is 14.3 Å². The lowest BCUT2D eigenvalue weighted by Gasteiger charge is -2.15. The number of aromatic nitrogens is 2. The maximum atomic E-state index is 15.4. The first-order valence-electron chi connectivity index (χ1n) is 12.9. The molecule has 3 aromatic carbocycles. The Morgan fingerprint density at radius 3 is 2.68 bits per heavy atom. The Bertz CT molecular complexity index is 2210. The van der Waals surface area contributed by atoms with Crippen molar-refractivity contribution in [2.24, 2.45) is 0 Å². The maximum Gasteiger partial charge on any atom is 0.282 e. The number of carbonyl (C=O) groups is 1. The minimum Gasteiger partial charge on any atom is -0.463 e. The number of H-pyrrole nitrogens is 1. The fourth-order valence-electron chi connectivity index (χ4n) is 5.48. The molecule has 6 aromatic rings. The first-order valence-corrected chi connectivity index (χ1v) is 14.8. The number of benzene rings is 3. The van der Waals surface area contributed by atoms with Gasteiger partial charge in [0.1, 0.15) is 17.1 Å². The van der Waals surface area contributed by atoms with Crippen LogP contribution >= 0.6 is 11.6 Å². The van der Waals surface area contributed by atoms with Gasteiger partial charge >= 0.3 is 0 Å². The second kappa shape index (κ2) is 9.32. The van der Waals surface area contributed by atoms with Crippen molar-refractivity contribution in [3.05, 3.63) is 106 Å². The van der Waals surface area contributed by atoms with Gasteiger partial charge in [-0.3, -0.25) is 9.59 Å². The topological polar surface area (TPSA) is 114 Å². The summed E-state index contributed by atoms with van der Waals surface area (Å²) in [6.45, 7) is 0.0141. The van der Waals surface area contributed by atoms with Gasteiger partial charge in [-0.25, -0.2) is 17.5 Å². The van der Waals surface area contributed by atoms with E-state index in [1.54, 1.807) is 12.1 Å². The first-order chi connectivity index (χ1) is 19.7. The molecule has 0 bridgehead atoms. The van der Waals surface area contributed by atoms with Crippen molar-refractivity contribution in [3.8, 4) is 11.1 Å². The van der Waals surface area contributed by atoms with Gasteiger partial charge in [0, 0.05) is 23.3 Å². The van der Waals surface area contributed by atoms with Gasteiger partial charge < -0.3 is 14.0 Å². The van der Waals surface area contributed by atoms with Crippen LogP contribution in [0.5, 0.6) is 0 Å². The highest BCUT2D eigenvalue weighted by Crippen LogP contribution is 2.41. The molecule has 1 aliphatic rings. The van der Waals surface area contributed by atoms with Gasteiger partial charge in [-0.1, -0.05) is 35.9 Å². The van der Waals surface area contributed by atoms with E-state index in [0.717, 1.165) is 10.8 Å². The molecule has 0 radical (unpaired) electrons. The van der Waals surface area contributed by atoms with Gasteiger partial charge in [0.2, 0.25) is 10.0 Å². The third-order valence-corrected chi connectivity index (χ3v) is 9.50. The zero-order chi connectivity index (χ0) is 28.5. The van der Waals surface area contributed by atoms with Gasteiger partial charge in [0.15, 0.2) is 0 Å². The Morgan fingerprint density at radius 2 is 1.90 bits per heavy atom. The van der Waals surface area contributed by atoms with Crippen molar-refractivity contribution in [2.45, 2.75) is 24.6 Å². The van der Waals surface area contributed by atoms with Crippen LogP contribution in [0.4, 0.5) is 4.39 Å². The molecule has 8 nitrogen and oxygen atoms in total. The lowest BCUT2D eigenvalue weighted by molar-refractivity contribution is 0.0974. The van der Waals surface area contributed by atoms with Crippen LogP contribution in [0.3, 0.4) is 0 Å². The van der Waals surface area contributed by atoms with Crippen LogP contribution in [0.1, 0.15) is 28.9 Å². The second-order valence-corrected chi connectivity index (χ2v) is 12.5. The molecule has 0 spiro atoms. The van der Waals surface area contributed by atoms with Crippen LogP contribution in [-0.4, -0.2) is 29.1 Å². The molecule has 7 rings (SSSR count). The number of hydrogen-bond donors (Lipinski definition) is 2. The normalized spacial score (nSPS) is 13.8. The number of sulfonamides is 1. The van der Waals surface area contributed by atoms with E-state index in [0.29, 0.717) is 28.8 Å². The van der Waals surface area contributed by atoms with E-state index in [-0.39, 0.29) is 39.9 Å². The van der Waals surface area contributed by atoms with Crippen LogP contribution in [0.25, 0.3) is 43.8 Å². The van der Waals surface area contributed by atoms with E-state index in [1.807, 2.05) is 30.3 Å². The van der Waals surface area contributed by atoms with Crippen LogP contribution in [0.2, 0.25) is 5.02 Å². The number of carbonyl (C=O) groups excluding carboxylic acids is 1. The number of fused-ring (bicyclic) bond motifs is 4. The van der Waals surface area contributed by atoms with E-state index in [1.165, 1.54) is 35.2 Å². The minimum atomic E-state index is -3.97. The van der Waals surface area contributed by atoms with Crippen molar-refractivity contribution < 1.29 is 22.0 Å². The molecule has 2 N–H and O–H groups in total. The fraction of sp³-hybridized carbons (Fsp3) is 0.133. The van der Waals surface area contributed by atoms with E-state index in [2.05, 4.69) is 9.71 Å². The summed E-state index contributed by atoms with van der Waals surface area (Å²) in [6, 6.07) is 16.9. The number of furan rings is 1. The molecule has 0 aliphatic heterocycles. The van der Waals surface area contributed by atoms with Gasteiger partial charge in [-0.15, -0.1) is 0 Å². The highest BCUT2D eigenvalue weighted by molar-refractivity contribution is 7.91. The van der Waals surface area contributed by atoms with Crippen LogP contribution in [-0.2, 0) is 16.6 Å². The average molecular weight is 590 g/mol. The van der Waals surface area contributed by atoms with Gasteiger partial charge in [-0.2, -0.15) is 0 Å². The number of hydrogen-bond acceptors (Lipinski definition) is 5. The monoisotopic (exact) mass is 589 g/mol. The molecule has 3 heterocycles. The summed E-state index contributed by atoms with van der Waals surface area (Å²) >= 11 is 6.46. The van der Waals surface area contributed by atoms with Gasteiger partial charge in [0.05, 0.1) is 33.4 Å². The molecule has 3 aromatic heterocycles. The Hall–Kier alpha value is -4.41. The summed E-state index contributed by atoms with van der Waals surface area (Å²) in [7, 11) is -3.97. The number of amides is 1. The summed E-state index contributed by atoms with van der Waals surface area (Å²) < 4.78 is 50.7. The number of halogens is 2. The molecule has 1 saturated carbocycles. The zero-order valence-corrected chi connectivity index (χ0v) is 22.9. The predicted octanol–water partition coefficient (Wildman–Crippen LogP) is 5.96. The van der Waals surface area contributed by atoms with E-state index >= 15 is 4.39 Å². The zero-order valence-electron chi connectivity index (χ0n) is 21.3. The predicted molar refractivity (Wildman–Crippen MR) is 155 cm³/mol. The molecule has 0 atom stereocenters. The number of rotatable bonds is 6. The molecule has 1 aliphatic carbocycles. The molecule has 1 fully saturated rings. The molecule has 41 heavy (non-hydrogen) atoms. The van der Waals surface area contributed by atoms with E-state index < -0.39 is 32.6 Å². The Kier molecular flexibility index (Phi) is 5.81. The van der Waals surface area contributed by atoms with Crippen molar-refractivity contribution >= 4 is 60.2 Å². The average Bonchev–Trinajstić information content (AvgIpc) is 3.61. The molecule has 0 unspecified atom stereocenters. The van der Waals surface area contributed by atoms with Crippen LogP contribution < -0.4 is 10.3 Å². The third kappa shape index (κ3) is 4.22. The smallest absolute Gasteiger partial charge is 0.282 e. The first kappa shape index (κ1) is 25.6. The van der Waals surface area contributed by atoms with Crippen molar-refractivity contribution in [3.63, 3.8) is 0 Å². The molecular formula is C30H21ClFN3O5S. The number of nitrogens with zero attached hydrogens (tertiary/aromatic N) is 1. The standard InChI is InChI=1S/C30H21ClFN3O5S/c31-18-12-16-4-1-2-5-20(16)17(13-18)15-35-24-14-23(32)21-9-11-40-28(21)26(24)25(22-6-3-10-33-29(22)36)27(35)30(37)34-41(38,39)19-7-8-19/h1-6,9-14,19H,7-8,15H2,(H,33,36)(H,34,37). The Balaban J connectivity index is 1.59. The molecule has 11 heteroatoms. The lowest BCUT2D eigenvalue weighted by Crippen LogP contribution is -2.35. The van der Waals surface area contributed by atoms with Crippen molar-refractivity contribution in [2.75, 3.05) is 0 Å². The Labute approximate surface area is 237 Å². The summed E-state index contributed by atoms with van der Waals surface area (Å²) in [6.07, 6.45) is 3.67. The van der Waals surface area contributed by atoms with Gasteiger partial charge in [-0.05, 0) is 65.6 Å². The molecule has 206 valence electrons. The van der Waals surface area contributed by atoms with Crippen LogP contribution in [0, 0.1) is 5.82 Å². The molecule has 1 amide bonds. The third-order valence-electron chi connectivity index (χ3n) is 7.46. The molecule has 0 saturated heterocycles. The number of aromatic amines is 1. The number of pyridine rings is 1. The summed E-state index contributed by atoms with van der Waals surface area (Å²) in [5, 5.41) is 1.95. The van der Waals surface area contributed by atoms with Gasteiger partial charge in [0.25, 0.3) is 11.5 Å². The Morgan fingerprint density at radius 1 is 1.10 bits per heavy atom. The second-order valence-electron chi connectivity index (χ2n) is 10.1. The van der Waals surface area contributed by atoms with E-state index in [4.69, 9.17) is 16.0 Å². The fourth-order valence-corrected chi connectivity index (χ4v) is 7.00. The lowest BCUT2D eigenvalue weighted by atomic mass is 10.0. The highest BCUT2D eigenvalue weighted by Gasteiger charge is 2.39. The number of nitrogens with one attached hydrogen (secondary N) is 2. The van der Waals surface area contributed by atoms with Crippen molar-refractivity contribution in [1.29, 1.82) is 0 Å². The maximum absolute atomic E-state index is 15.4.